The molecule has 1 amide bonds. The summed E-state index contributed by atoms with van der Waals surface area (Å²) in [5.74, 6) is -3.42. The average Bonchev–Trinajstić information content (AvgIpc) is 2.66. The minimum absolute atomic E-state index is 0.00319. The van der Waals surface area contributed by atoms with Crippen molar-refractivity contribution in [3.8, 4) is 0 Å². The zero-order chi connectivity index (χ0) is 20.5. The van der Waals surface area contributed by atoms with Crippen LogP contribution >= 0.6 is 0 Å². The van der Waals surface area contributed by atoms with Crippen LogP contribution < -0.4 is 5.32 Å². The lowest BCUT2D eigenvalue weighted by Gasteiger charge is -2.09. The molecular weight excluding hydrogens is 372 g/mol. The van der Waals surface area contributed by atoms with Gasteiger partial charge in [-0.05, 0) is 17.7 Å². The third-order valence-electron chi connectivity index (χ3n) is 3.50. The Hall–Kier alpha value is -3.84. The van der Waals surface area contributed by atoms with Crippen molar-refractivity contribution in [1.29, 1.82) is 0 Å². The standard InChI is InChI=1S/C19H15F2N3O4/c20-15-9-13(23-19(27)28-11-12-5-2-1-3-6-12)10-16(21)14(15)7-4-8-17(24-22)18(25)26/h1-7,9-10H,8,11H2,(H,23,27)(H,25,26). The van der Waals surface area contributed by atoms with Crippen molar-refractivity contribution in [1.82, 2.24) is 0 Å². The minimum atomic E-state index is -1.46. The molecule has 0 unspecified atom stereocenters. The second-order valence-corrected chi connectivity index (χ2v) is 5.50. The van der Waals surface area contributed by atoms with Gasteiger partial charge in [0.2, 0.25) is 0 Å². The fourth-order valence-corrected chi connectivity index (χ4v) is 2.15. The van der Waals surface area contributed by atoms with E-state index in [0.29, 0.717) is 0 Å². The highest BCUT2D eigenvalue weighted by Crippen LogP contribution is 2.21. The first-order chi connectivity index (χ1) is 13.4. The van der Waals surface area contributed by atoms with Gasteiger partial charge in [0.25, 0.3) is 0 Å². The van der Waals surface area contributed by atoms with Crippen molar-refractivity contribution in [2.75, 3.05) is 5.32 Å². The van der Waals surface area contributed by atoms with Gasteiger partial charge in [-0.1, -0.05) is 42.5 Å². The van der Waals surface area contributed by atoms with Crippen LogP contribution in [0.1, 0.15) is 17.5 Å². The molecule has 0 aliphatic carbocycles. The highest BCUT2D eigenvalue weighted by molar-refractivity contribution is 6.33. The molecule has 0 heterocycles. The number of carbonyl (C=O) groups excluding carboxylic acids is 1. The van der Waals surface area contributed by atoms with Gasteiger partial charge in [-0.25, -0.2) is 18.4 Å². The number of allylic oxidation sites excluding steroid dienone is 1. The van der Waals surface area contributed by atoms with E-state index in [9.17, 15) is 18.4 Å². The average molecular weight is 387 g/mol. The van der Waals surface area contributed by atoms with E-state index in [1.165, 1.54) is 0 Å². The molecule has 0 atom stereocenters. The zero-order valence-corrected chi connectivity index (χ0v) is 14.4. The van der Waals surface area contributed by atoms with Crippen LogP contribution in [0.25, 0.3) is 11.6 Å². The van der Waals surface area contributed by atoms with Gasteiger partial charge >= 0.3 is 17.8 Å². The predicted octanol–water partition coefficient (Wildman–Crippen LogP) is 3.87. The molecule has 0 spiro atoms. The first-order valence-corrected chi connectivity index (χ1v) is 7.98. The third kappa shape index (κ3) is 5.86. The number of carboxylic acids is 1. The van der Waals surface area contributed by atoms with Gasteiger partial charge in [0, 0.05) is 11.3 Å². The third-order valence-corrected chi connectivity index (χ3v) is 3.50. The van der Waals surface area contributed by atoms with Crippen molar-refractivity contribution >= 4 is 29.5 Å². The molecule has 144 valence electrons. The van der Waals surface area contributed by atoms with Gasteiger partial charge in [-0.2, -0.15) is 4.79 Å². The summed E-state index contributed by atoms with van der Waals surface area (Å²) in [6.07, 6.45) is 0.926. The second-order valence-electron chi connectivity index (χ2n) is 5.50. The number of nitrogens with one attached hydrogen (secondary N) is 1. The highest BCUT2D eigenvalue weighted by Gasteiger charge is 2.16. The predicted molar refractivity (Wildman–Crippen MR) is 96.5 cm³/mol. The van der Waals surface area contributed by atoms with Crippen LogP contribution in [0.15, 0.2) is 48.5 Å². The van der Waals surface area contributed by atoms with Gasteiger partial charge in [0.15, 0.2) is 0 Å². The Labute approximate surface area is 158 Å². The van der Waals surface area contributed by atoms with E-state index in [-0.39, 0.29) is 18.7 Å². The first-order valence-electron chi connectivity index (χ1n) is 7.98. The van der Waals surface area contributed by atoms with Gasteiger partial charge in [-0.15, -0.1) is 0 Å². The molecule has 0 fully saturated rings. The Bertz CT molecular complexity index is 932. The summed E-state index contributed by atoms with van der Waals surface area (Å²) in [6, 6.07) is 10.7. The zero-order valence-electron chi connectivity index (χ0n) is 14.4. The van der Waals surface area contributed by atoms with Gasteiger partial charge in [0.05, 0.1) is 6.42 Å². The lowest BCUT2D eigenvalue weighted by Crippen LogP contribution is -2.14. The van der Waals surface area contributed by atoms with Crippen LogP contribution in [0.4, 0.5) is 19.3 Å². The molecule has 2 aromatic rings. The normalized spacial score (nSPS) is 10.4. The number of rotatable bonds is 7. The molecule has 7 nitrogen and oxygen atoms in total. The van der Waals surface area contributed by atoms with E-state index in [2.05, 4.69) is 10.1 Å². The SMILES string of the molecule is [N-]=[N+]=C(CC=Cc1c(F)cc(NC(=O)OCc2ccccc2)cc1F)C(=O)O. The number of aliphatic carboxylic acids is 1. The van der Waals surface area contributed by atoms with E-state index in [1.54, 1.807) is 24.3 Å². The number of anilines is 1. The fraction of sp³-hybridized carbons (Fsp3) is 0.105. The molecular formula is C19H15F2N3O4. The fourth-order valence-electron chi connectivity index (χ4n) is 2.15. The van der Waals surface area contributed by atoms with E-state index in [0.717, 1.165) is 29.8 Å². The van der Waals surface area contributed by atoms with Crippen molar-refractivity contribution in [2.45, 2.75) is 13.0 Å². The number of ether oxygens (including phenoxy) is 1. The van der Waals surface area contributed by atoms with Crippen LogP contribution in [0.2, 0.25) is 0 Å². The Morgan fingerprint density at radius 2 is 1.82 bits per heavy atom. The number of carboxylic acid groups (broad SMARTS) is 1. The maximum Gasteiger partial charge on any atom is 0.414 e. The van der Waals surface area contributed by atoms with Gasteiger partial charge < -0.3 is 15.4 Å². The first kappa shape index (κ1) is 20.5. The Morgan fingerprint density at radius 1 is 1.18 bits per heavy atom. The van der Waals surface area contributed by atoms with Crippen molar-refractivity contribution in [3.05, 3.63) is 76.8 Å². The summed E-state index contributed by atoms with van der Waals surface area (Å²) < 4.78 is 33.2. The van der Waals surface area contributed by atoms with Gasteiger partial charge in [-0.3, -0.25) is 5.32 Å². The number of hydrogen-bond donors (Lipinski definition) is 2. The summed E-state index contributed by atoms with van der Waals surface area (Å²) in [5.41, 5.74) is 8.09. The van der Waals surface area contributed by atoms with Crippen molar-refractivity contribution < 1.29 is 33.0 Å². The van der Waals surface area contributed by atoms with Crippen LogP contribution in [-0.4, -0.2) is 27.7 Å². The molecule has 0 saturated heterocycles. The number of hydrogen-bond acceptors (Lipinski definition) is 3. The molecule has 0 aliphatic rings. The Morgan fingerprint density at radius 3 is 2.39 bits per heavy atom. The van der Waals surface area contributed by atoms with Crippen LogP contribution in [0.3, 0.4) is 0 Å². The maximum atomic E-state index is 14.1. The van der Waals surface area contributed by atoms with Crippen LogP contribution in [0.5, 0.6) is 0 Å². The van der Waals surface area contributed by atoms with E-state index < -0.39 is 35.0 Å². The topological polar surface area (TPSA) is 112 Å². The molecule has 9 heteroatoms. The summed E-state index contributed by atoms with van der Waals surface area (Å²) in [7, 11) is 0. The smallest absolute Gasteiger partial charge is 0.414 e. The lowest BCUT2D eigenvalue weighted by atomic mass is 10.1. The Balaban J connectivity index is 2.01. The summed E-state index contributed by atoms with van der Waals surface area (Å²) in [4.78, 5) is 25.0. The quantitative estimate of drug-likeness (QED) is 0.427. The number of benzene rings is 2. The summed E-state index contributed by atoms with van der Waals surface area (Å²) in [6.45, 7) is -0.00319. The number of nitrogens with zero attached hydrogens (tertiary/aromatic N) is 2. The number of amides is 1. The number of halogens is 2. The molecule has 2 aromatic carbocycles. The minimum Gasteiger partial charge on any atom is -0.473 e. The highest BCUT2D eigenvalue weighted by atomic mass is 19.1. The largest absolute Gasteiger partial charge is 0.473 e. The molecule has 2 N–H and O–H groups in total. The monoisotopic (exact) mass is 387 g/mol. The molecule has 2 rings (SSSR count). The summed E-state index contributed by atoms with van der Waals surface area (Å²) in [5, 5.41) is 10.9. The van der Waals surface area contributed by atoms with Crippen LogP contribution in [-0.2, 0) is 16.1 Å². The lowest BCUT2D eigenvalue weighted by molar-refractivity contribution is -0.134. The van der Waals surface area contributed by atoms with Crippen molar-refractivity contribution in [3.63, 3.8) is 0 Å². The number of carbonyl (C=O) groups is 2. The van der Waals surface area contributed by atoms with E-state index in [4.69, 9.17) is 15.4 Å². The maximum absolute atomic E-state index is 14.1. The molecule has 0 saturated carbocycles. The van der Waals surface area contributed by atoms with Crippen LogP contribution in [0, 0.1) is 11.6 Å². The molecule has 0 aliphatic heterocycles. The molecule has 28 heavy (non-hydrogen) atoms. The second kappa shape index (κ2) is 9.75. The van der Waals surface area contributed by atoms with Gasteiger partial charge in [0.1, 0.15) is 18.2 Å². The molecule has 0 radical (unpaired) electrons. The van der Waals surface area contributed by atoms with Crippen molar-refractivity contribution in [2.24, 2.45) is 0 Å². The molecule has 0 bridgehead atoms. The Kier molecular flexibility index (Phi) is 7.13. The van der Waals surface area contributed by atoms with E-state index in [1.807, 2.05) is 6.07 Å². The molecule has 0 aromatic heterocycles. The van der Waals surface area contributed by atoms with E-state index >= 15 is 0 Å². The summed E-state index contributed by atoms with van der Waals surface area (Å²) >= 11 is 0.